The van der Waals surface area contributed by atoms with Crippen molar-refractivity contribution in [3.05, 3.63) is 15.6 Å². The normalized spacial score (nSPS) is 32.9. The summed E-state index contributed by atoms with van der Waals surface area (Å²) in [5.41, 5.74) is 1.38. The summed E-state index contributed by atoms with van der Waals surface area (Å²) in [5, 5.41) is 11.7. The highest BCUT2D eigenvalue weighted by molar-refractivity contribution is 7.11. The molecule has 2 nitrogen and oxygen atoms in total. The molecule has 1 saturated carbocycles. The molecule has 0 saturated heterocycles. The van der Waals surface area contributed by atoms with Crippen LogP contribution in [0, 0.1) is 11.3 Å². The Kier molecular flexibility index (Phi) is 3.93. The van der Waals surface area contributed by atoms with Crippen LogP contribution in [0.25, 0.3) is 0 Å². The van der Waals surface area contributed by atoms with Gasteiger partial charge in [0.05, 0.1) is 21.7 Å². The maximum atomic E-state index is 10.4. The molecule has 1 aromatic rings. The van der Waals surface area contributed by atoms with Crippen molar-refractivity contribution in [2.45, 2.75) is 77.7 Å². The van der Waals surface area contributed by atoms with E-state index in [2.05, 4.69) is 20.8 Å². The zero-order valence-electron chi connectivity index (χ0n) is 13.0. The first-order valence-corrected chi connectivity index (χ1v) is 8.97. The lowest BCUT2D eigenvalue weighted by atomic mass is 9.77. The third-order valence-corrected chi connectivity index (χ3v) is 6.57. The zero-order valence-corrected chi connectivity index (χ0v) is 13.8. The second-order valence-corrected chi connectivity index (χ2v) is 8.61. The van der Waals surface area contributed by atoms with Crippen LogP contribution in [0.15, 0.2) is 0 Å². The third-order valence-electron chi connectivity index (χ3n) is 5.21. The number of thiazole rings is 1. The van der Waals surface area contributed by atoms with Gasteiger partial charge in [-0.05, 0) is 49.9 Å². The van der Waals surface area contributed by atoms with E-state index < -0.39 is 0 Å². The Bertz CT molecular complexity index is 471. The molecule has 3 rings (SSSR count). The quantitative estimate of drug-likeness (QED) is 0.847. The molecule has 0 amide bonds. The molecule has 20 heavy (non-hydrogen) atoms. The number of fused-ring (bicyclic) bond motifs is 1. The largest absolute Gasteiger partial charge is 0.387 e. The van der Waals surface area contributed by atoms with Crippen LogP contribution in [0.1, 0.15) is 86.9 Å². The van der Waals surface area contributed by atoms with Crippen molar-refractivity contribution in [1.82, 2.24) is 4.98 Å². The number of aromatic nitrogens is 1. The van der Waals surface area contributed by atoms with E-state index >= 15 is 0 Å². The molecule has 1 unspecified atom stereocenters. The molecule has 112 valence electrons. The summed E-state index contributed by atoms with van der Waals surface area (Å²) in [6.45, 7) is 6.79. The van der Waals surface area contributed by atoms with E-state index in [9.17, 15) is 5.11 Å². The average molecular weight is 293 g/mol. The fourth-order valence-electron chi connectivity index (χ4n) is 3.90. The minimum absolute atomic E-state index is 0.192. The molecule has 1 heterocycles. The highest BCUT2D eigenvalue weighted by atomic mass is 32.1. The van der Waals surface area contributed by atoms with Gasteiger partial charge in [0.2, 0.25) is 0 Å². The molecule has 0 aromatic carbocycles. The smallest absolute Gasteiger partial charge is 0.0963 e. The van der Waals surface area contributed by atoms with Gasteiger partial charge < -0.3 is 5.11 Å². The fraction of sp³-hybridized carbons (Fsp3) is 0.824. The first kappa shape index (κ1) is 14.5. The summed E-state index contributed by atoms with van der Waals surface area (Å²) < 4.78 is 0. The van der Waals surface area contributed by atoms with Crippen molar-refractivity contribution in [3.63, 3.8) is 0 Å². The summed E-state index contributed by atoms with van der Waals surface area (Å²) in [6.07, 6.45) is 8.26. The van der Waals surface area contributed by atoms with Crippen molar-refractivity contribution in [2.75, 3.05) is 0 Å². The highest BCUT2D eigenvalue weighted by Crippen LogP contribution is 2.46. The highest BCUT2D eigenvalue weighted by Gasteiger charge is 2.35. The van der Waals surface area contributed by atoms with Gasteiger partial charge in [-0.1, -0.05) is 27.2 Å². The molecule has 0 radical (unpaired) electrons. The SMILES string of the molecule is CCC1CCC(c2nc3c(s2)C(O)CC(C)(C)C3)CC1. The van der Waals surface area contributed by atoms with E-state index in [0.29, 0.717) is 5.92 Å². The Hall–Kier alpha value is -0.410. The van der Waals surface area contributed by atoms with Crippen LogP contribution >= 0.6 is 11.3 Å². The van der Waals surface area contributed by atoms with E-state index in [4.69, 9.17) is 4.98 Å². The molecule has 1 aromatic heterocycles. The van der Waals surface area contributed by atoms with Gasteiger partial charge in [0.25, 0.3) is 0 Å². The van der Waals surface area contributed by atoms with E-state index in [0.717, 1.165) is 23.6 Å². The number of hydrogen-bond donors (Lipinski definition) is 1. The molecular formula is C17H27NOS. The predicted octanol–water partition coefficient (Wildman–Crippen LogP) is 4.83. The Morgan fingerprint density at radius 1 is 1.25 bits per heavy atom. The number of aliphatic hydroxyl groups is 1. The monoisotopic (exact) mass is 293 g/mol. The van der Waals surface area contributed by atoms with Crippen molar-refractivity contribution >= 4 is 11.3 Å². The molecule has 1 fully saturated rings. The van der Waals surface area contributed by atoms with Crippen LogP contribution in [0.5, 0.6) is 0 Å². The van der Waals surface area contributed by atoms with Crippen LogP contribution in [-0.2, 0) is 6.42 Å². The Labute approximate surface area is 126 Å². The molecule has 3 heteroatoms. The number of rotatable bonds is 2. The molecule has 2 aliphatic rings. The minimum atomic E-state index is -0.285. The van der Waals surface area contributed by atoms with Crippen molar-refractivity contribution < 1.29 is 5.11 Å². The van der Waals surface area contributed by atoms with Crippen molar-refractivity contribution in [2.24, 2.45) is 11.3 Å². The standard InChI is InChI=1S/C17H27NOS/c1-4-11-5-7-12(8-6-11)16-18-13-9-17(2,3)10-14(19)15(13)20-16/h11-12,14,19H,4-10H2,1-3H3. The van der Waals surface area contributed by atoms with Crippen LogP contribution in [0.4, 0.5) is 0 Å². The molecule has 1 N–H and O–H groups in total. The lowest BCUT2D eigenvalue weighted by Crippen LogP contribution is -2.24. The number of aliphatic hydroxyl groups excluding tert-OH is 1. The topological polar surface area (TPSA) is 33.1 Å². The molecule has 2 aliphatic carbocycles. The van der Waals surface area contributed by atoms with E-state index in [1.807, 2.05) is 0 Å². The average Bonchev–Trinajstić information content (AvgIpc) is 2.81. The fourth-order valence-corrected chi connectivity index (χ4v) is 5.14. The van der Waals surface area contributed by atoms with Gasteiger partial charge in [-0.2, -0.15) is 0 Å². The lowest BCUT2D eigenvalue weighted by molar-refractivity contribution is 0.102. The zero-order chi connectivity index (χ0) is 14.3. The van der Waals surface area contributed by atoms with Gasteiger partial charge >= 0.3 is 0 Å². The molecular weight excluding hydrogens is 266 g/mol. The van der Waals surface area contributed by atoms with Gasteiger partial charge in [0, 0.05) is 5.92 Å². The second kappa shape index (κ2) is 5.42. The van der Waals surface area contributed by atoms with Gasteiger partial charge in [-0.15, -0.1) is 11.3 Å². The van der Waals surface area contributed by atoms with Crippen LogP contribution in [-0.4, -0.2) is 10.1 Å². The van der Waals surface area contributed by atoms with Gasteiger partial charge in [-0.25, -0.2) is 4.98 Å². The summed E-state index contributed by atoms with van der Waals surface area (Å²) in [4.78, 5) is 6.09. The second-order valence-electron chi connectivity index (χ2n) is 7.55. The minimum Gasteiger partial charge on any atom is -0.387 e. The molecule has 0 aliphatic heterocycles. The van der Waals surface area contributed by atoms with Gasteiger partial charge in [0.1, 0.15) is 0 Å². The van der Waals surface area contributed by atoms with Gasteiger partial charge in [-0.3, -0.25) is 0 Å². The summed E-state index contributed by atoms with van der Waals surface area (Å²) >= 11 is 1.80. The Morgan fingerprint density at radius 3 is 2.60 bits per heavy atom. The lowest BCUT2D eigenvalue weighted by Gasteiger charge is -2.31. The van der Waals surface area contributed by atoms with Crippen molar-refractivity contribution in [3.8, 4) is 0 Å². The van der Waals surface area contributed by atoms with E-state index in [-0.39, 0.29) is 11.5 Å². The van der Waals surface area contributed by atoms with Gasteiger partial charge in [0.15, 0.2) is 0 Å². The van der Waals surface area contributed by atoms with Crippen molar-refractivity contribution in [1.29, 1.82) is 0 Å². The number of nitrogens with zero attached hydrogens (tertiary/aromatic N) is 1. The molecule has 0 bridgehead atoms. The molecule has 1 atom stereocenters. The first-order chi connectivity index (χ1) is 9.48. The summed E-state index contributed by atoms with van der Waals surface area (Å²) in [5.74, 6) is 1.59. The maximum absolute atomic E-state index is 10.4. The third kappa shape index (κ3) is 2.80. The summed E-state index contributed by atoms with van der Waals surface area (Å²) in [6, 6.07) is 0. The van der Waals surface area contributed by atoms with E-state index in [1.165, 1.54) is 42.8 Å². The van der Waals surface area contributed by atoms with Crippen LogP contribution in [0.3, 0.4) is 0 Å². The maximum Gasteiger partial charge on any atom is 0.0963 e. The Morgan fingerprint density at radius 2 is 1.95 bits per heavy atom. The predicted molar refractivity (Wildman–Crippen MR) is 84.2 cm³/mol. The summed E-state index contributed by atoms with van der Waals surface area (Å²) in [7, 11) is 0. The van der Waals surface area contributed by atoms with Crippen LogP contribution < -0.4 is 0 Å². The number of hydrogen-bond acceptors (Lipinski definition) is 3. The van der Waals surface area contributed by atoms with E-state index in [1.54, 1.807) is 11.3 Å². The Balaban J connectivity index is 1.77. The molecule has 0 spiro atoms. The van der Waals surface area contributed by atoms with Crippen LogP contribution in [0.2, 0.25) is 0 Å². The first-order valence-electron chi connectivity index (χ1n) is 8.16.